The lowest BCUT2D eigenvalue weighted by atomic mass is 9.99. The molecule has 1 N–H and O–H groups in total. The largest absolute Gasteiger partial charge is 0.468 e. The normalized spacial score (nSPS) is 14.3. The summed E-state index contributed by atoms with van der Waals surface area (Å²) < 4.78 is 9.56. The Kier molecular flexibility index (Phi) is 8.39. The van der Waals surface area contributed by atoms with Gasteiger partial charge in [-0.05, 0) is 24.7 Å². The number of esters is 2. The molecule has 112 valence electrons. The van der Waals surface area contributed by atoms with Crippen molar-refractivity contribution in [2.75, 3.05) is 14.2 Å². The van der Waals surface area contributed by atoms with Crippen LogP contribution < -0.4 is 5.32 Å². The van der Waals surface area contributed by atoms with E-state index in [4.69, 9.17) is 9.47 Å². The van der Waals surface area contributed by atoms with E-state index in [1.165, 1.54) is 14.2 Å². The average Bonchev–Trinajstić information content (AvgIpc) is 2.33. The number of carbonyl (C=O) groups is 2. The molecule has 0 aromatic heterocycles. The molecular formula is C14H27NO4. The molecule has 0 bridgehead atoms. The van der Waals surface area contributed by atoms with Gasteiger partial charge in [-0.3, -0.25) is 14.9 Å². The number of carbonyl (C=O) groups excluding carboxylic acids is 2. The summed E-state index contributed by atoms with van der Waals surface area (Å²) in [6.45, 7) is 8.08. The Bertz CT molecular complexity index is 261. The summed E-state index contributed by atoms with van der Waals surface area (Å²) in [6, 6.07) is -0.958. The van der Waals surface area contributed by atoms with Gasteiger partial charge in [0.25, 0.3) is 0 Å². The predicted octanol–water partition coefficient (Wildman–Crippen LogP) is 1.75. The first-order valence-corrected chi connectivity index (χ1v) is 6.73. The van der Waals surface area contributed by atoms with Gasteiger partial charge in [-0.2, -0.15) is 0 Å². The number of ether oxygens (including phenoxy) is 2. The average molecular weight is 273 g/mol. The van der Waals surface area contributed by atoms with Crippen molar-refractivity contribution in [2.45, 2.75) is 52.6 Å². The Morgan fingerprint density at radius 1 is 0.842 bits per heavy atom. The van der Waals surface area contributed by atoms with E-state index in [1.54, 1.807) is 0 Å². The van der Waals surface area contributed by atoms with Gasteiger partial charge < -0.3 is 9.47 Å². The molecule has 5 nitrogen and oxygen atoms in total. The van der Waals surface area contributed by atoms with Gasteiger partial charge >= 0.3 is 11.9 Å². The molecule has 0 aliphatic heterocycles. The van der Waals surface area contributed by atoms with E-state index >= 15 is 0 Å². The van der Waals surface area contributed by atoms with Crippen molar-refractivity contribution in [3.05, 3.63) is 0 Å². The molecule has 0 fully saturated rings. The summed E-state index contributed by atoms with van der Waals surface area (Å²) in [6.07, 6.45) is 1.25. The van der Waals surface area contributed by atoms with E-state index in [-0.39, 0.29) is 11.9 Å². The first kappa shape index (κ1) is 17.9. The SMILES string of the molecule is COC(=O)C(CC(C)C)NC(CC(C)C)C(=O)OC. The van der Waals surface area contributed by atoms with Crippen LogP contribution in [0.15, 0.2) is 0 Å². The third-order valence-corrected chi connectivity index (χ3v) is 2.79. The molecule has 2 unspecified atom stereocenters. The lowest BCUT2D eigenvalue weighted by Gasteiger charge is -2.24. The fourth-order valence-corrected chi connectivity index (χ4v) is 1.93. The smallest absolute Gasteiger partial charge is 0.322 e. The highest BCUT2D eigenvalue weighted by Crippen LogP contribution is 2.12. The topological polar surface area (TPSA) is 64.6 Å². The molecule has 0 aliphatic rings. The van der Waals surface area contributed by atoms with Crippen LogP contribution in [0.4, 0.5) is 0 Å². The Morgan fingerprint density at radius 2 is 1.16 bits per heavy atom. The summed E-state index contributed by atoms with van der Waals surface area (Å²) in [7, 11) is 2.71. The Labute approximate surface area is 116 Å². The molecule has 0 aromatic carbocycles. The zero-order valence-electron chi connectivity index (χ0n) is 12.9. The van der Waals surface area contributed by atoms with Gasteiger partial charge in [0, 0.05) is 0 Å². The Hall–Kier alpha value is -1.10. The minimum absolute atomic E-state index is 0.328. The third-order valence-electron chi connectivity index (χ3n) is 2.79. The summed E-state index contributed by atoms with van der Waals surface area (Å²) >= 11 is 0. The fourth-order valence-electron chi connectivity index (χ4n) is 1.93. The molecule has 0 amide bonds. The van der Waals surface area contributed by atoms with Gasteiger partial charge in [0.15, 0.2) is 0 Å². The number of hydrogen-bond donors (Lipinski definition) is 1. The van der Waals surface area contributed by atoms with Crippen LogP contribution in [-0.2, 0) is 19.1 Å². The highest BCUT2D eigenvalue weighted by molar-refractivity contribution is 5.79. The van der Waals surface area contributed by atoms with Crippen molar-refractivity contribution in [1.29, 1.82) is 0 Å². The molecular weight excluding hydrogens is 246 g/mol. The maximum absolute atomic E-state index is 11.7. The monoisotopic (exact) mass is 273 g/mol. The minimum Gasteiger partial charge on any atom is -0.468 e. The molecule has 0 rings (SSSR count). The maximum atomic E-state index is 11.7. The summed E-state index contributed by atoms with van der Waals surface area (Å²) in [4.78, 5) is 23.5. The molecule has 0 heterocycles. The van der Waals surface area contributed by atoms with Gasteiger partial charge in [0.2, 0.25) is 0 Å². The predicted molar refractivity (Wildman–Crippen MR) is 73.7 cm³/mol. The minimum atomic E-state index is -0.479. The van der Waals surface area contributed by atoms with Crippen LogP contribution in [0.1, 0.15) is 40.5 Å². The molecule has 0 spiro atoms. The molecule has 0 saturated carbocycles. The van der Waals surface area contributed by atoms with Crippen LogP contribution in [0.5, 0.6) is 0 Å². The highest BCUT2D eigenvalue weighted by atomic mass is 16.5. The van der Waals surface area contributed by atoms with Gasteiger partial charge in [0.1, 0.15) is 12.1 Å². The molecule has 0 aromatic rings. The molecule has 19 heavy (non-hydrogen) atoms. The zero-order chi connectivity index (χ0) is 15.0. The summed E-state index contributed by atoms with van der Waals surface area (Å²) in [5, 5.41) is 3.07. The van der Waals surface area contributed by atoms with Gasteiger partial charge in [-0.15, -0.1) is 0 Å². The van der Waals surface area contributed by atoms with Gasteiger partial charge in [-0.1, -0.05) is 27.7 Å². The van der Waals surface area contributed by atoms with Crippen LogP contribution in [0.3, 0.4) is 0 Å². The van der Waals surface area contributed by atoms with Gasteiger partial charge in [-0.25, -0.2) is 0 Å². The first-order chi connectivity index (χ1) is 8.81. The first-order valence-electron chi connectivity index (χ1n) is 6.73. The van der Waals surface area contributed by atoms with E-state index in [1.807, 2.05) is 27.7 Å². The maximum Gasteiger partial charge on any atom is 0.322 e. The summed E-state index contributed by atoms with van der Waals surface area (Å²) in [5.74, 6) is -0.0272. The second-order valence-electron chi connectivity index (χ2n) is 5.58. The highest BCUT2D eigenvalue weighted by Gasteiger charge is 2.28. The van der Waals surface area contributed by atoms with Crippen LogP contribution in [0.25, 0.3) is 0 Å². The second-order valence-corrected chi connectivity index (χ2v) is 5.58. The van der Waals surface area contributed by atoms with Crippen molar-refractivity contribution in [1.82, 2.24) is 5.32 Å². The molecule has 2 atom stereocenters. The number of rotatable bonds is 8. The van der Waals surface area contributed by atoms with Crippen molar-refractivity contribution in [3.63, 3.8) is 0 Å². The third kappa shape index (κ3) is 7.15. The van der Waals surface area contributed by atoms with Crippen molar-refractivity contribution in [2.24, 2.45) is 11.8 Å². The van der Waals surface area contributed by atoms with Crippen LogP contribution in [0, 0.1) is 11.8 Å². The summed E-state index contributed by atoms with van der Waals surface area (Å²) in [5.41, 5.74) is 0. The lowest BCUT2D eigenvalue weighted by Crippen LogP contribution is -2.49. The van der Waals surface area contributed by atoms with E-state index in [0.717, 1.165) is 0 Å². The number of methoxy groups -OCH3 is 2. The quantitative estimate of drug-likeness (QED) is 0.683. The Morgan fingerprint density at radius 3 is 1.37 bits per heavy atom. The van der Waals surface area contributed by atoms with Gasteiger partial charge in [0.05, 0.1) is 14.2 Å². The van der Waals surface area contributed by atoms with Crippen LogP contribution in [0.2, 0.25) is 0 Å². The molecule has 0 radical (unpaired) electrons. The van der Waals surface area contributed by atoms with Crippen molar-refractivity contribution in [3.8, 4) is 0 Å². The van der Waals surface area contributed by atoms with E-state index in [9.17, 15) is 9.59 Å². The van der Waals surface area contributed by atoms with E-state index < -0.39 is 12.1 Å². The lowest BCUT2D eigenvalue weighted by molar-refractivity contribution is -0.147. The number of hydrogen-bond acceptors (Lipinski definition) is 5. The Balaban J connectivity index is 4.80. The number of nitrogens with one attached hydrogen (secondary N) is 1. The van der Waals surface area contributed by atoms with Crippen molar-refractivity contribution >= 4 is 11.9 Å². The standard InChI is InChI=1S/C14H27NO4/c1-9(2)7-11(13(16)18-5)15-12(8-10(3)4)14(17)19-6/h9-12,15H,7-8H2,1-6H3. The van der Waals surface area contributed by atoms with Crippen LogP contribution >= 0.6 is 0 Å². The van der Waals surface area contributed by atoms with E-state index in [0.29, 0.717) is 24.7 Å². The molecule has 0 aliphatic carbocycles. The van der Waals surface area contributed by atoms with E-state index in [2.05, 4.69) is 5.32 Å². The van der Waals surface area contributed by atoms with Crippen LogP contribution in [-0.4, -0.2) is 38.2 Å². The molecule has 0 saturated heterocycles. The molecule has 5 heteroatoms. The second kappa shape index (κ2) is 8.91. The van der Waals surface area contributed by atoms with Crippen molar-refractivity contribution < 1.29 is 19.1 Å². The fraction of sp³-hybridized carbons (Fsp3) is 0.857. The zero-order valence-corrected chi connectivity index (χ0v) is 12.9.